The fraction of sp³-hybridized carbons (Fsp3) is 0.600. The number of rotatable bonds is 1. The van der Waals surface area contributed by atoms with Crippen molar-refractivity contribution in [2.24, 2.45) is 5.73 Å². The third kappa shape index (κ3) is 2.24. The van der Waals surface area contributed by atoms with Crippen LogP contribution in [-0.2, 0) is 4.74 Å². The van der Waals surface area contributed by atoms with E-state index in [1.54, 1.807) is 7.11 Å². The molecule has 1 aromatic carbocycles. The first-order valence-electron chi connectivity index (χ1n) is 6.91. The summed E-state index contributed by atoms with van der Waals surface area (Å²) >= 11 is 6.04. The van der Waals surface area contributed by atoms with Gasteiger partial charge in [-0.25, -0.2) is 0 Å². The Kier molecular flexibility index (Phi) is 3.46. The van der Waals surface area contributed by atoms with E-state index in [2.05, 4.69) is 0 Å². The summed E-state index contributed by atoms with van der Waals surface area (Å²) in [5, 5.41) is 0.709. The first kappa shape index (κ1) is 13.2. The standard InChI is InChI=1S/C15H20ClNO2/c1-18-14-4-2-3-7-15(14)9-12(17)11-8-10(16)5-6-13(11)19-15/h5-6,8,12,14H,2-4,7,9,17H2,1H3/t12-,14?,15?/m0/s1. The van der Waals surface area contributed by atoms with Crippen LogP contribution in [0.3, 0.4) is 0 Å². The van der Waals surface area contributed by atoms with Crippen molar-refractivity contribution in [3.8, 4) is 5.75 Å². The highest BCUT2D eigenvalue weighted by atomic mass is 35.5. The number of benzene rings is 1. The Morgan fingerprint density at radius 2 is 2.26 bits per heavy atom. The predicted molar refractivity (Wildman–Crippen MR) is 75.6 cm³/mol. The zero-order valence-electron chi connectivity index (χ0n) is 11.2. The van der Waals surface area contributed by atoms with Gasteiger partial charge >= 0.3 is 0 Å². The smallest absolute Gasteiger partial charge is 0.137 e. The van der Waals surface area contributed by atoms with E-state index in [4.69, 9.17) is 26.8 Å². The summed E-state index contributed by atoms with van der Waals surface area (Å²) in [6.07, 6.45) is 5.38. The Balaban J connectivity index is 1.97. The molecule has 1 spiro atoms. The third-order valence-corrected chi connectivity index (χ3v) is 4.67. The largest absolute Gasteiger partial charge is 0.484 e. The minimum absolute atomic E-state index is 0.0294. The van der Waals surface area contributed by atoms with Gasteiger partial charge in [-0.2, -0.15) is 0 Å². The summed E-state index contributed by atoms with van der Waals surface area (Å²) in [6.45, 7) is 0. The Bertz CT molecular complexity index is 479. The average molecular weight is 282 g/mol. The molecule has 0 radical (unpaired) electrons. The van der Waals surface area contributed by atoms with Gasteiger partial charge in [0.25, 0.3) is 0 Å². The number of hydrogen-bond donors (Lipinski definition) is 1. The van der Waals surface area contributed by atoms with E-state index in [1.807, 2.05) is 18.2 Å². The van der Waals surface area contributed by atoms with Crippen molar-refractivity contribution in [3.63, 3.8) is 0 Å². The van der Waals surface area contributed by atoms with Gasteiger partial charge in [0.15, 0.2) is 0 Å². The van der Waals surface area contributed by atoms with Gasteiger partial charge in [0, 0.05) is 30.2 Å². The minimum Gasteiger partial charge on any atom is -0.484 e. The molecule has 0 amide bonds. The van der Waals surface area contributed by atoms with Crippen molar-refractivity contribution in [2.75, 3.05) is 7.11 Å². The maximum absolute atomic E-state index is 6.34. The summed E-state index contributed by atoms with van der Waals surface area (Å²) in [5.41, 5.74) is 7.10. The van der Waals surface area contributed by atoms with Crippen molar-refractivity contribution >= 4 is 11.6 Å². The normalized spacial score (nSPS) is 33.8. The molecule has 3 nitrogen and oxygen atoms in total. The summed E-state index contributed by atoms with van der Waals surface area (Å²) in [4.78, 5) is 0. The SMILES string of the molecule is COC1CCCCC12C[C@H](N)c1cc(Cl)ccc1O2. The van der Waals surface area contributed by atoms with Gasteiger partial charge in [-0.3, -0.25) is 0 Å². The van der Waals surface area contributed by atoms with E-state index >= 15 is 0 Å². The number of nitrogens with two attached hydrogens (primary N) is 1. The molecule has 1 aliphatic carbocycles. The van der Waals surface area contributed by atoms with Gasteiger partial charge < -0.3 is 15.2 Å². The Hall–Kier alpha value is -0.770. The second kappa shape index (κ2) is 4.97. The second-order valence-electron chi connectivity index (χ2n) is 5.63. The Morgan fingerprint density at radius 1 is 1.42 bits per heavy atom. The molecule has 0 bridgehead atoms. The number of halogens is 1. The van der Waals surface area contributed by atoms with Crippen LogP contribution in [0.5, 0.6) is 5.75 Å². The van der Waals surface area contributed by atoms with Crippen LogP contribution in [0, 0.1) is 0 Å². The molecule has 2 aliphatic rings. The average Bonchev–Trinajstić information content (AvgIpc) is 2.40. The predicted octanol–water partition coefficient (Wildman–Crippen LogP) is 3.45. The molecule has 3 atom stereocenters. The van der Waals surface area contributed by atoms with Crippen molar-refractivity contribution in [1.82, 2.24) is 0 Å². The lowest BCUT2D eigenvalue weighted by Crippen LogP contribution is -2.54. The molecule has 4 heteroatoms. The molecule has 104 valence electrons. The van der Waals surface area contributed by atoms with Gasteiger partial charge in [-0.05, 0) is 37.5 Å². The topological polar surface area (TPSA) is 44.5 Å². The Morgan fingerprint density at radius 3 is 3.05 bits per heavy atom. The molecule has 1 fully saturated rings. The summed E-state index contributed by atoms with van der Waals surface area (Å²) in [5.74, 6) is 0.868. The van der Waals surface area contributed by atoms with Crippen LogP contribution >= 0.6 is 11.6 Å². The molecule has 1 aliphatic heterocycles. The van der Waals surface area contributed by atoms with Crippen molar-refractivity contribution < 1.29 is 9.47 Å². The first-order valence-corrected chi connectivity index (χ1v) is 7.29. The van der Waals surface area contributed by atoms with E-state index in [1.165, 1.54) is 12.8 Å². The van der Waals surface area contributed by atoms with Gasteiger partial charge in [-0.15, -0.1) is 0 Å². The summed E-state index contributed by atoms with van der Waals surface area (Å²) in [6, 6.07) is 5.67. The van der Waals surface area contributed by atoms with Crippen molar-refractivity contribution in [1.29, 1.82) is 0 Å². The van der Waals surface area contributed by atoms with Crippen LogP contribution in [0.15, 0.2) is 18.2 Å². The lowest BCUT2D eigenvalue weighted by atomic mass is 9.75. The Labute approximate surface area is 119 Å². The van der Waals surface area contributed by atoms with E-state index in [0.29, 0.717) is 5.02 Å². The zero-order valence-corrected chi connectivity index (χ0v) is 12.0. The van der Waals surface area contributed by atoms with E-state index in [-0.39, 0.29) is 17.7 Å². The van der Waals surface area contributed by atoms with Crippen LogP contribution < -0.4 is 10.5 Å². The fourth-order valence-electron chi connectivity index (χ4n) is 3.51. The monoisotopic (exact) mass is 281 g/mol. The van der Waals surface area contributed by atoms with Gasteiger partial charge in [0.05, 0.1) is 6.10 Å². The molecule has 0 saturated heterocycles. The van der Waals surface area contributed by atoms with Gasteiger partial charge in [0.2, 0.25) is 0 Å². The molecule has 0 aromatic heterocycles. The number of ether oxygens (including phenoxy) is 2. The van der Waals surface area contributed by atoms with Gasteiger partial charge in [0.1, 0.15) is 11.4 Å². The summed E-state index contributed by atoms with van der Waals surface area (Å²) < 4.78 is 12.0. The maximum Gasteiger partial charge on any atom is 0.137 e. The lowest BCUT2D eigenvalue weighted by Gasteiger charge is -2.47. The second-order valence-corrected chi connectivity index (χ2v) is 6.07. The lowest BCUT2D eigenvalue weighted by molar-refractivity contribution is -0.114. The maximum atomic E-state index is 6.34. The molecule has 3 rings (SSSR count). The van der Waals surface area contributed by atoms with E-state index in [0.717, 1.165) is 30.6 Å². The van der Waals surface area contributed by atoms with Gasteiger partial charge in [-0.1, -0.05) is 18.0 Å². The zero-order chi connectivity index (χ0) is 13.5. The number of hydrogen-bond acceptors (Lipinski definition) is 3. The van der Waals surface area contributed by atoms with Crippen molar-refractivity contribution in [2.45, 2.75) is 49.9 Å². The highest BCUT2D eigenvalue weighted by Gasteiger charge is 2.47. The van der Waals surface area contributed by atoms with E-state index < -0.39 is 0 Å². The highest BCUT2D eigenvalue weighted by molar-refractivity contribution is 6.30. The van der Waals surface area contributed by atoms with Crippen LogP contribution in [0.1, 0.15) is 43.7 Å². The molecule has 1 saturated carbocycles. The molecule has 2 unspecified atom stereocenters. The molecule has 2 N–H and O–H groups in total. The fourth-order valence-corrected chi connectivity index (χ4v) is 3.69. The highest BCUT2D eigenvalue weighted by Crippen LogP contribution is 2.46. The minimum atomic E-state index is -0.257. The molecule has 19 heavy (non-hydrogen) atoms. The molecule has 1 heterocycles. The van der Waals surface area contributed by atoms with Crippen LogP contribution in [0.4, 0.5) is 0 Å². The first-order chi connectivity index (χ1) is 9.14. The van der Waals surface area contributed by atoms with Crippen molar-refractivity contribution in [3.05, 3.63) is 28.8 Å². The quantitative estimate of drug-likeness (QED) is 0.857. The third-order valence-electron chi connectivity index (χ3n) is 4.44. The number of fused-ring (bicyclic) bond motifs is 1. The van der Waals surface area contributed by atoms with E-state index in [9.17, 15) is 0 Å². The number of methoxy groups -OCH3 is 1. The summed E-state index contributed by atoms with van der Waals surface area (Å²) in [7, 11) is 1.77. The van der Waals surface area contributed by atoms with Crippen LogP contribution in [0.2, 0.25) is 5.02 Å². The van der Waals surface area contributed by atoms with Crippen LogP contribution in [-0.4, -0.2) is 18.8 Å². The molecular weight excluding hydrogens is 262 g/mol. The molecular formula is C15H20ClNO2. The van der Waals surface area contributed by atoms with Crippen LogP contribution in [0.25, 0.3) is 0 Å². The molecule has 1 aromatic rings.